The van der Waals surface area contributed by atoms with E-state index in [1.165, 1.54) is 11.3 Å². The number of hydrogen-bond acceptors (Lipinski definition) is 6. The largest absolute Gasteiger partial charge is 0.347 e. The zero-order valence-electron chi connectivity index (χ0n) is 13.4. The summed E-state index contributed by atoms with van der Waals surface area (Å²) in [5, 5.41) is 3.42. The molecule has 0 saturated carbocycles. The van der Waals surface area contributed by atoms with Crippen LogP contribution in [0.25, 0.3) is 0 Å². The molecule has 1 N–H and O–H groups in total. The molecule has 2 aromatic rings. The van der Waals surface area contributed by atoms with E-state index in [1.54, 1.807) is 24.3 Å². The average molecular weight is 320 g/mol. The highest BCUT2D eigenvalue weighted by Gasteiger charge is 2.13. The summed E-state index contributed by atoms with van der Waals surface area (Å²) < 4.78 is 0. The summed E-state index contributed by atoms with van der Waals surface area (Å²) in [5.74, 6) is 0.643. The molecule has 0 saturated heterocycles. The van der Waals surface area contributed by atoms with Crippen LogP contribution in [0, 0.1) is 13.8 Å². The number of nitrogens with zero attached hydrogens (tertiary/aromatic N) is 5. The zero-order valence-corrected chi connectivity index (χ0v) is 14.2. The lowest BCUT2D eigenvalue weighted by atomic mass is 10.3. The third kappa shape index (κ3) is 3.91. The van der Waals surface area contributed by atoms with Crippen LogP contribution in [0.15, 0.2) is 12.4 Å². The number of amides is 2. The molecule has 0 aliphatic heterocycles. The van der Waals surface area contributed by atoms with Crippen molar-refractivity contribution < 1.29 is 4.79 Å². The van der Waals surface area contributed by atoms with Crippen molar-refractivity contribution in [2.24, 2.45) is 0 Å². The first-order valence-corrected chi connectivity index (χ1v) is 7.63. The van der Waals surface area contributed by atoms with Gasteiger partial charge in [-0.1, -0.05) is 0 Å². The van der Waals surface area contributed by atoms with Gasteiger partial charge in [0.05, 0.1) is 12.2 Å². The third-order valence-electron chi connectivity index (χ3n) is 3.10. The molecular weight excluding hydrogens is 300 g/mol. The van der Waals surface area contributed by atoms with Gasteiger partial charge in [0.15, 0.2) is 5.13 Å². The Morgan fingerprint density at radius 1 is 1.23 bits per heavy atom. The van der Waals surface area contributed by atoms with E-state index in [9.17, 15) is 4.79 Å². The van der Waals surface area contributed by atoms with Crippen LogP contribution in [0.1, 0.15) is 16.1 Å². The predicted molar refractivity (Wildman–Crippen MR) is 88.4 cm³/mol. The predicted octanol–water partition coefficient (Wildman–Crippen LogP) is 2.28. The summed E-state index contributed by atoms with van der Waals surface area (Å²) >= 11 is 1.47. The van der Waals surface area contributed by atoms with Crippen molar-refractivity contribution in [1.29, 1.82) is 0 Å². The number of hydrogen-bond donors (Lipinski definition) is 1. The Morgan fingerprint density at radius 2 is 1.86 bits per heavy atom. The fourth-order valence-corrected chi connectivity index (χ4v) is 2.52. The Bertz CT molecular complexity index is 632. The van der Waals surface area contributed by atoms with Crippen LogP contribution in [-0.4, -0.2) is 47.0 Å². The molecule has 2 heterocycles. The molecule has 0 atom stereocenters. The molecule has 0 aromatic carbocycles. The molecule has 118 valence electrons. The van der Waals surface area contributed by atoms with Crippen LogP contribution >= 0.6 is 11.3 Å². The molecule has 7 nitrogen and oxygen atoms in total. The first-order chi connectivity index (χ1) is 10.4. The van der Waals surface area contributed by atoms with Gasteiger partial charge >= 0.3 is 6.03 Å². The second-order valence-electron chi connectivity index (χ2n) is 5.23. The van der Waals surface area contributed by atoms with Crippen LogP contribution in [0.2, 0.25) is 0 Å². The Kier molecular flexibility index (Phi) is 4.92. The lowest BCUT2D eigenvalue weighted by Gasteiger charge is -2.17. The molecular formula is C14H20N6OS. The van der Waals surface area contributed by atoms with Gasteiger partial charge in [-0.3, -0.25) is 5.32 Å². The monoisotopic (exact) mass is 320 g/mol. The van der Waals surface area contributed by atoms with Gasteiger partial charge in [-0.2, -0.15) is 0 Å². The minimum atomic E-state index is -0.203. The second-order valence-corrected chi connectivity index (χ2v) is 6.44. The van der Waals surface area contributed by atoms with Gasteiger partial charge in [0.2, 0.25) is 5.95 Å². The first kappa shape index (κ1) is 16.2. The number of carbonyl (C=O) groups is 1. The summed E-state index contributed by atoms with van der Waals surface area (Å²) in [7, 11) is 5.49. The van der Waals surface area contributed by atoms with E-state index < -0.39 is 0 Å². The topological polar surface area (TPSA) is 74.2 Å². The molecule has 8 heteroatoms. The number of thiazole rings is 1. The van der Waals surface area contributed by atoms with Gasteiger partial charge in [-0.15, -0.1) is 11.3 Å². The molecule has 22 heavy (non-hydrogen) atoms. The number of carbonyl (C=O) groups excluding carboxylic acids is 1. The molecule has 0 aliphatic rings. The van der Waals surface area contributed by atoms with Crippen molar-refractivity contribution in [2.45, 2.75) is 20.4 Å². The first-order valence-electron chi connectivity index (χ1n) is 6.81. The molecule has 0 aliphatic carbocycles. The van der Waals surface area contributed by atoms with Crippen LogP contribution in [0.5, 0.6) is 0 Å². The minimum Gasteiger partial charge on any atom is -0.347 e. The van der Waals surface area contributed by atoms with Gasteiger partial charge < -0.3 is 9.80 Å². The van der Waals surface area contributed by atoms with E-state index in [1.807, 2.05) is 32.8 Å². The summed E-state index contributed by atoms with van der Waals surface area (Å²) in [6.07, 6.45) is 3.45. The minimum absolute atomic E-state index is 0.203. The number of anilines is 2. The van der Waals surface area contributed by atoms with Crippen molar-refractivity contribution in [1.82, 2.24) is 19.9 Å². The van der Waals surface area contributed by atoms with Crippen molar-refractivity contribution >= 4 is 28.4 Å². The van der Waals surface area contributed by atoms with Crippen molar-refractivity contribution in [3.05, 3.63) is 28.5 Å². The van der Waals surface area contributed by atoms with Crippen LogP contribution in [-0.2, 0) is 6.54 Å². The summed E-state index contributed by atoms with van der Waals surface area (Å²) in [4.78, 5) is 29.4. The molecule has 0 unspecified atom stereocenters. The lowest BCUT2D eigenvalue weighted by Crippen LogP contribution is -2.31. The second kappa shape index (κ2) is 6.69. The maximum absolute atomic E-state index is 12.1. The zero-order chi connectivity index (χ0) is 16.3. The highest BCUT2D eigenvalue weighted by molar-refractivity contribution is 7.15. The van der Waals surface area contributed by atoms with E-state index in [0.29, 0.717) is 17.6 Å². The molecule has 2 amide bonds. The Labute approximate surface area is 134 Å². The fourth-order valence-electron chi connectivity index (χ4n) is 1.72. The average Bonchev–Trinajstić information content (AvgIpc) is 2.77. The number of urea groups is 1. The number of aromatic nitrogens is 3. The maximum atomic E-state index is 12.1. The van der Waals surface area contributed by atoms with Crippen molar-refractivity contribution in [3.63, 3.8) is 0 Å². The lowest BCUT2D eigenvalue weighted by molar-refractivity contribution is 0.220. The Hall–Kier alpha value is -2.22. The van der Waals surface area contributed by atoms with E-state index in [4.69, 9.17) is 0 Å². The molecule has 2 aromatic heterocycles. The molecule has 2 rings (SSSR count). The summed E-state index contributed by atoms with van der Waals surface area (Å²) in [5.41, 5.74) is 1.81. The molecule has 0 fully saturated rings. The standard InChI is InChI=1S/C14H20N6OS/c1-9-10(2)22-13(17-9)18-14(21)20(5)8-11-6-15-12(16-7-11)19(3)4/h6-7H,8H2,1-5H3,(H,17,18,21). The normalized spacial score (nSPS) is 10.4. The van der Waals surface area contributed by atoms with Crippen LogP contribution in [0.3, 0.4) is 0 Å². The summed E-state index contributed by atoms with van der Waals surface area (Å²) in [6.45, 7) is 4.34. The van der Waals surface area contributed by atoms with E-state index in [2.05, 4.69) is 20.3 Å². The maximum Gasteiger partial charge on any atom is 0.323 e. The Morgan fingerprint density at radius 3 is 2.36 bits per heavy atom. The van der Waals surface area contributed by atoms with E-state index >= 15 is 0 Å². The van der Waals surface area contributed by atoms with Gasteiger partial charge in [-0.25, -0.2) is 19.7 Å². The quantitative estimate of drug-likeness (QED) is 0.935. The molecule has 0 bridgehead atoms. The van der Waals surface area contributed by atoms with Gasteiger partial charge in [-0.05, 0) is 13.8 Å². The van der Waals surface area contributed by atoms with Gasteiger partial charge in [0.25, 0.3) is 0 Å². The van der Waals surface area contributed by atoms with Crippen LogP contribution in [0.4, 0.5) is 15.9 Å². The molecule has 0 spiro atoms. The number of aryl methyl sites for hydroxylation is 2. The van der Waals surface area contributed by atoms with Gasteiger partial charge in [0.1, 0.15) is 0 Å². The highest BCUT2D eigenvalue weighted by atomic mass is 32.1. The van der Waals surface area contributed by atoms with Crippen molar-refractivity contribution in [3.8, 4) is 0 Å². The third-order valence-corrected chi connectivity index (χ3v) is 4.09. The number of nitrogens with one attached hydrogen (secondary N) is 1. The highest BCUT2D eigenvalue weighted by Crippen LogP contribution is 2.21. The smallest absolute Gasteiger partial charge is 0.323 e. The van der Waals surface area contributed by atoms with E-state index in [0.717, 1.165) is 16.1 Å². The van der Waals surface area contributed by atoms with Gasteiger partial charge in [0, 0.05) is 44.0 Å². The number of rotatable bonds is 4. The van der Waals surface area contributed by atoms with E-state index in [-0.39, 0.29) is 6.03 Å². The fraction of sp³-hybridized carbons (Fsp3) is 0.429. The van der Waals surface area contributed by atoms with Crippen LogP contribution < -0.4 is 10.2 Å². The summed E-state index contributed by atoms with van der Waals surface area (Å²) in [6, 6.07) is -0.203. The molecule has 0 radical (unpaired) electrons. The van der Waals surface area contributed by atoms with Crippen molar-refractivity contribution in [2.75, 3.05) is 31.4 Å². The SMILES string of the molecule is Cc1nc(NC(=O)N(C)Cc2cnc(N(C)C)nc2)sc1C. The Balaban J connectivity index is 1.96.